The lowest BCUT2D eigenvalue weighted by atomic mass is 9.89. The van der Waals surface area contributed by atoms with Gasteiger partial charge in [-0.2, -0.15) is 0 Å². The lowest BCUT2D eigenvalue weighted by molar-refractivity contribution is -0.126. The zero-order valence-electron chi connectivity index (χ0n) is 9.75. The van der Waals surface area contributed by atoms with Gasteiger partial charge in [-0.25, -0.2) is 0 Å². The molecule has 0 radical (unpaired) electrons. The van der Waals surface area contributed by atoms with E-state index in [0.717, 1.165) is 19.4 Å². The molecule has 1 aliphatic heterocycles. The van der Waals surface area contributed by atoms with Crippen LogP contribution in [0.25, 0.3) is 0 Å². The molecule has 0 saturated carbocycles. The molecule has 1 N–H and O–H groups in total. The van der Waals surface area contributed by atoms with Crippen LogP contribution in [0.4, 0.5) is 0 Å². The number of imide groups is 1. The zero-order valence-corrected chi connectivity index (χ0v) is 9.75. The van der Waals surface area contributed by atoms with Crippen molar-refractivity contribution in [3.8, 4) is 0 Å². The highest BCUT2D eigenvalue weighted by molar-refractivity contribution is 6.03. The third-order valence-corrected chi connectivity index (χ3v) is 2.96. The number of amides is 2. The molecular formula is C11H20N2O2. The first kappa shape index (κ1) is 12.2. The molecule has 2 unspecified atom stereocenters. The number of hydrogen-bond acceptors (Lipinski definition) is 3. The number of carbonyl (C=O) groups excluding carboxylic acids is 2. The summed E-state index contributed by atoms with van der Waals surface area (Å²) in [6.07, 6.45) is 2.46. The second-order valence-electron chi connectivity index (χ2n) is 4.65. The first-order chi connectivity index (χ1) is 7.00. The Morgan fingerprint density at radius 3 is 2.60 bits per heavy atom. The molecule has 4 heteroatoms. The van der Waals surface area contributed by atoms with Crippen LogP contribution in [0.15, 0.2) is 0 Å². The van der Waals surface area contributed by atoms with E-state index in [1.54, 1.807) is 0 Å². The van der Waals surface area contributed by atoms with Gasteiger partial charge in [0, 0.05) is 12.3 Å². The highest BCUT2D eigenvalue weighted by Crippen LogP contribution is 2.24. The maximum absolute atomic E-state index is 11.4. The lowest BCUT2D eigenvalue weighted by Crippen LogP contribution is -2.25. The molecule has 0 aromatic carbocycles. The van der Waals surface area contributed by atoms with Gasteiger partial charge in [0.15, 0.2) is 0 Å². The van der Waals surface area contributed by atoms with Crippen molar-refractivity contribution in [3.05, 3.63) is 0 Å². The van der Waals surface area contributed by atoms with E-state index < -0.39 is 0 Å². The monoisotopic (exact) mass is 212 g/mol. The van der Waals surface area contributed by atoms with E-state index in [4.69, 9.17) is 0 Å². The molecule has 2 amide bonds. The standard InChI is InChI=1S/C11H20N2O2/c1-8(5-4-6-13(2)3)9-7-10(14)12-11(9)15/h8-9H,4-7H2,1-3H3,(H,12,14,15). The number of hydrogen-bond donors (Lipinski definition) is 1. The molecule has 0 aromatic heterocycles. The van der Waals surface area contributed by atoms with Gasteiger partial charge >= 0.3 is 0 Å². The van der Waals surface area contributed by atoms with Crippen LogP contribution < -0.4 is 5.32 Å². The van der Waals surface area contributed by atoms with Crippen molar-refractivity contribution in [2.75, 3.05) is 20.6 Å². The first-order valence-electron chi connectivity index (χ1n) is 5.49. The van der Waals surface area contributed by atoms with Gasteiger partial charge in [0.05, 0.1) is 0 Å². The molecule has 86 valence electrons. The molecule has 2 atom stereocenters. The van der Waals surface area contributed by atoms with Crippen LogP contribution in [0.5, 0.6) is 0 Å². The summed E-state index contributed by atoms with van der Waals surface area (Å²) in [7, 11) is 4.08. The van der Waals surface area contributed by atoms with Gasteiger partial charge in [-0.3, -0.25) is 14.9 Å². The Kier molecular flexibility index (Phi) is 4.27. The minimum absolute atomic E-state index is 0.0858. The summed E-state index contributed by atoms with van der Waals surface area (Å²) >= 11 is 0. The molecule has 1 saturated heterocycles. The quantitative estimate of drug-likeness (QED) is 0.680. The van der Waals surface area contributed by atoms with Gasteiger partial charge in [0.1, 0.15) is 0 Å². The zero-order chi connectivity index (χ0) is 11.4. The molecule has 1 heterocycles. The van der Waals surface area contributed by atoms with Crippen molar-refractivity contribution in [3.63, 3.8) is 0 Å². The molecule has 0 aromatic rings. The van der Waals surface area contributed by atoms with Crippen LogP contribution in [0.3, 0.4) is 0 Å². The second kappa shape index (κ2) is 5.26. The fraction of sp³-hybridized carbons (Fsp3) is 0.818. The Labute approximate surface area is 91.0 Å². The molecule has 0 spiro atoms. The summed E-state index contributed by atoms with van der Waals surface area (Å²) in [5.74, 6) is -0.00197. The second-order valence-corrected chi connectivity index (χ2v) is 4.65. The minimum Gasteiger partial charge on any atom is -0.309 e. The van der Waals surface area contributed by atoms with Crippen LogP contribution >= 0.6 is 0 Å². The van der Waals surface area contributed by atoms with E-state index in [2.05, 4.69) is 17.1 Å². The van der Waals surface area contributed by atoms with Crippen LogP contribution in [0.1, 0.15) is 26.2 Å². The van der Waals surface area contributed by atoms with E-state index in [1.165, 1.54) is 0 Å². The van der Waals surface area contributed by atoms with E-state index in [9.17, 15) is 9.59 Å². The highest BCUT2D eigenvalue weighted by Gasteiger charge is 2.34. The summed E-state index contributed by atoms with van der Waals surface area (Å²) in [4.78, 5) is 24.5. The summed E-state index contributed by atoms with van der Waals surface area (Å²) < 4.78 is 0. The molecule has 15 heavy (non-hydrogen) atoms. The number of rotatable bonds is 5. The average Bonchev–Trinajstić information content (AvgIpc) is 2.44. The Bertz CT molecular complexity index is 251. The summed E-state index contributed by atoms with van der Waals surface area (Å²) in [6, 6.07) is 0. The number of nitrogens with zero attached hydrogens (tertiary/aromatic N) is 1. The molecule has 0 bridgehead atoms. The topological polar surface area (TPSA) is 49.4 Å². The minimum atomic E-state index is -0.121. The van der Waals surface area contributed by atoms with Gasteiger partial charge in [0.2, 0.25) is 11.8 Å². The van der Waals surface area contributed by atoms with Crippen molar-refractivity contribution in [2.24, 2.45) is 11.8 Å². The maximum atomic E-state index is 11.4. The fourth-order valence-corrected chi connectivity index (χ4v) is 1.96. The molecule has 0 aliphatic carbocycles. The highest BCUT2D eigenvalue weighted by atomic mass is 16.2. The third-order valence-electron chi connectivity index (χ3n) is 2.96. The van der Waals surface area contributed by atoms with Crippen LogP contribution in [-0.2, 0) is 9.59 Å². The number of carbonyl (C=O) groups is 2. The van der Waals surface area contributed by atoms with E-state index >= 15 is 0 Å². The Morgan fingerprint density at radius 2 is 2.13 bits per heavy atom. The predicted molar refractivity (Wildman–Crippen MR) is 58.2 cm³/mol. The van der Waals surface area contributed by atoms with Gasteiger partial charge in [-0.1, -0.05) is 6.92 Å². The summed E-state index contributed by atoms with van der Waals surface area (Å²) in [5, 5.41) is 2.36. The first-order valence-corrected chi connectivity index (χ1v) is 5.49. The molecular weight excluding hydrogens is 192 g/mol. The van der Waals surface area contributed by atoms with Gasteiger partial charge in [0.25, 0.3) is 0 Å². The van der Waals surface area contributed by atoms with Crippen LogP contribution in [-0.4, -0.2) is 37.4 Å². The predicted octanol–water partition coefficient (Wildman–Crippen LogP) is 0.627. The normalized spacial score (nSPS) is 23.3. The fourth-order valence-electron chi connectivity index (χ4n) is 1.96. The van der Waals surface area contributed by atoms with Crippen molar-refractivity contribution in [1.82, 2.24) is 10.2 Å². The SMILES string of the molecule is CC(CCCN(C)C)C1CC(=O)NC1=O. The van der Waals surface area contributed by atoms with Crippen molar-refractivity contribution in [2.45, 2.75) is 26.2 Å². The Morgan fingerprint density at radius 1 is 1.47 bits per heavy atom. The molecule has 1 rings (SSSR count). The Balaban J connectivity index is 2.30. The smallest absolute Gasteiger partial charge is 0.230 e. The van der Waals surface area contributed by atoms with Crippen LogP contribution in [0, 0.1) is 11.8 Å². The molecule has 1 fully saturated rings. The van der Waals surface area contributed by atoms with Gasteiger partial charge in [-0.05, 0) is 39.4 Å². The van der Waals surface area contributed by atoms with E-state index in [1.807, 2.05) is 14.1 Å². The van der Waals surface area contributed by atoms with Crippen molar-refractivity contribution >= 4 is 11.8 Å². The largest absolute Gasteiger partial charge is 0.309 e. The average molecular weight is 212 g/mol. The Hall–Kier alpha value is -0.900. The maximum Gasteiger partial charge on any atom is 0.230 e. The lowest BCUT2D eigenvalue weighted by Gasteiger charge is -2.17. The summed E-state index contributed by atoms with van der Waals surface area (Å²) in [6.45, 7) is 3.09. The molecule has 1 aliphatic rings. The summed E-state index contributed by atoms with van der Waals surface area (Å²) in [5.41, 5.74) is 0. The van der Waals surface area contributed by atoms with Crippen LogP contribution in [0.2, 0.25) is 0 Å². The van der Waals surface area contributed by atoms with Gasteiger partial charge < -0.3 is 4.90 Å². The third kappa shape index (κ3) is 3.63. The molecule has 4 nitrogen and oxygen atoms in total. The number of nitrogens with one attached hydrogen (secondary N) is 1. The van der Waals surface area contributed by atoms with Gasteiger partial charge in [-0.15, -0.1) is 0 Å². The van der Waals surface area contributed by atoms with Crippen molar-refractivity contribution < 1.29 is 9.59 Å². The van der Waals surface area contributed by atoms with E-state index in [-0.39, 0.29) is 17.7 Å². The van der Waals surface area contributed by atoms with E-state index in [0.29, 0.717) is 12.3 Å². The van der Waals surface area contributed by atoms with Crippen molar-refractivity contribution in [1.29, 1.82) is 0 Å².